The number of aromatic nitrogens is 2. The van der Waals surface area contributed by atoms with Gasteiger partial charge in [-0.15, -0.1) is 11.3 Å². The molecule has 26 heavy (non-hydrogen) atoms. The normalized spacial score (nSPS) is 12.3. The van der Waals surface area contributed by atoms with Gasteiger partial charge in [-0.25, -0.2) is 9.78 Å². The van der Waals surface area contributed by atoms with Crippen LogP contribution in [0.4, 0.5) is 0 Å². The Morgan fingerprint density at radius 3 is 2.77 bits per heavy atom. The van der Waals surface area contributed by atoms with Crippen molar-refractivity contribution >= 4 is 34.1 Å². The molecular formula is C19H21N3O3S. The van der Waals surface area contributed by atoms with Gasteiger partial charge in [0.05, 0.1) is 11.7 Å². The summed E-state index contributed by atoms with van der Waals surface area (Å²) in [6.07, 6.45) is 3.08. The third-order valence-corrected chi connectivity index (χ3v) is 5.68. The quantitative estimate of drug-likeness (QED) is 0.695. The number of para-hydroxylation sites is 1. The Labute approximate surface area is 155 Å². The zero-order valence-electron chi connectivity index (χ0n) is 14.9. The van der Waals surface area contributed by atoms with Crippen molar-refractivity contribution in [1.82, 2.24) is 14.9 Å². The molecule has 2 heterocycles. The number of nitrogens with one attached hydrogen (secondary N) is 1. The van der Waals surface area contributed by atoms with Crippen molar-refractivity contribution < 1.29 is 14.7 Å². The predicted octanol–water partition coefficient (Wildman–Crippen LogP) is 3.45. The van der Waals surface area contributed by atoms with Gasteiger partial charge in [0.15, 0.2) is 0 Å². The molecular weight excluding hydrogens is 350 g/mol. The molecule has 0 bridgehead atoms. The molecule has 1 amide bonds. The molecule has 0 aliphatic rings. The Kier molecular flexibility index (Phi) is 5.08. The van der Waals surface area contributed by atoms with Crippen LogP contribution in [0, 0.1) is 6.92 Å². The number of thiazole rings is 1. The molecule has 6 nitrogen and oxygen atoms in total. The van der Waals surface area contributed by atoms with Crippen molar-refractivity contribution in [3.05, 3.63) is 51.6 Å². The first kappa shape index (κ1) is 18.1. The topological polar surface area (TPSA) is 84.2 Å². The van der Waals surface area contributed by atoms with E-state index in [1.165, 1.54) is 0 Å². The second-order valence-corrected chi connectivity index (χ2v) is 7.37. The van der Waals surface area contributed by atoms with Crippen LogP contribution in [0.2, 0.25) is 0 Å². The highest BCUT2D eigenvalue weighted by atomic mass is 32.1. The Bertz CT molecular complexity index is 974. The molecule has 0 radical (unpaired) electrons. The van der Waals surface area contributed by atoms with E-state index in [1.54, 1.807) is 6.92 Å². The number of aryl methyl sites for hydroxylation is 3. The van der Waals surface area contributed by atoms with Gasteiger partial charge in [0, 0.05) is 30.6 Å². The van der Waals surface area contributed by atoms with Crippen LogP contribution in [0.5, 0.6) is 0 Å². The highest BCUT2D eigenvalue weighted by Gasteiger charge is 2.19. The van der Waals surface area contributed by atoms with Gasteiger partial charge >= 0.3 is 5.97 Å². The summed E-state index contributed by atoms with van der Waals surface area (Å²) < 4.78 is 2.07. The maximum atomic E-state index is 12.3. The van der Waals surface area contributed by atoms with Crippen molar-refractivity contribution in [2.24, 2.45) is 7.05 Å². The van der Waals surface area contributed by atoms with E-state index >= 15 is 0 Å². The number of benzene rings is 1. The number of amides is 1. The molecule has 2 aromatic heterocycles. The van der Waals surface area contributed by atoms with Crippen LogP contribution in [0.3, 0.4) is 0 Å². The fraction of sp³-hybridized carbons (Fsp3) is 0.316. The van der Waals surface area contributed by atoms with Crippen molar-refractivity contribution in [3.63, 3.8) is 0 Å². The van der Waals surface area contributed by atoms with Gasteiger partial charge in [0.25, 0.3) is 0 Å². The molecule has 136 valence electrons. The number of aromatic carboxylic acids is 1. The third kappa shape index (κ3) is 3.62. The summed E-state index contributed by atoms with van der Waals surface area (Å²) >= 11 is 1.11. The number of carbonyl (C=O) groups is 2. The first-order valence-corrected chi connectivity index (χ1v) is 9.21. The molecule has 0 aliphatic heterocycles. The summed E-state index contributed by atoms with van der Waals surface area (Å²) in [5.41, 5.74) is 2.77. The van der Waals surface area contributed by atoms with Crippen molar-refractivity contribution in [1.29, 1.82) is 0 Å². The summed E-state index contributed by atoms with van der Waals surface area (Å²) in [5.74, 6) is -1.06. The maximum Gasteiger partial charge on any atom is 0.347 e. The van der Waals surface area contributed by atoms with Crippen LogP contribution >= 0.6 is 11.3 Å². The monoisotopic (exact) mass is 371 g/mol. The lowest BCUT2D eigenvalue weighted by molar-refractivity contribution is -0.121. The lowest BCUT2D eigenvalue weighted by Crippen LogP contribution is -2.26. The summed E-state index contributed by atoms with van der Waals surface area (Å²) in [4.78, 5) is 27.9. The van der Waals surface area contributed by atoms with E-state index in [0.717, 1.165) is 27.8 Å². The number of hydrogen-bond donors (Lipinski definition) is 2. The molecule has 1 aromatic carbocycles. The van der Waals surface area contributed by atoms with Crippen LogP contribution in [0.1, 0.15) is 45.3 Å². The van der Waals surface area contributed by atoms with Crippen LogP contribution in [0.15, 0.2) is 30.5 Å². The minimum Gasteiger partial charge on any atom is -0.477 e. The van der Waals surface area contributed by atoms with Crippen LogP contribution in [0.25, 0.3) is 10.9 Å². The largest absolute Gasteiger partial charge is 0.477 e. The third-order valence-electron chi connectivity index (χ3n) is 4.36. The summed E-state index contributed by atoms with van der Waals surface area (Å²) in [6.45, 7) is 3.48. The number of nitrogens with zero attached hydrogens (tertiary/aromatic N) is 2. The Hall–Kier alpha value is -2.67. The lowest BCUT2D eigenvalue weighted by Gasteiger charge is -2.11. The van der Waals surface area contributed by atoms with Gasteiger partial charge in [-0.2, -0.15) is 0 Å². The van der Waals surface area contributed by atoms with Crippen molar-refractivity contribution in [2.45, 2.75) is 32.7 Å². The first-order chi connectivity index (χ1) is 12.4. The standard InChI is InChI=1S/C19H21N3O3S/c1-11-17(19(24)25)26-18(21-11)12(2)20-16(23)9-8-13-10-22(3)15-7-5-4-6-14(13)15/h4-7,10,12H,8-9H2,1-3H3,(H,20,23)(H,24,25). The number of hydrogen-bond acceptors (Lipinski definition) is 4. The predicted molar refractivity (Wildman–Crippen MR) is 102 cm³/mol. The minimum absolute atomic E-state index is 0.0739. The van der Waals surface area contributed by atoms with Gasteiger partial charge < -0.3 is 15.0 Å². The van der Waals surface area contributed by atoms with E-state index < -0.39 is 5.97 Å². The van der Waals surface area contributed by atoms with E-state index in [2.05, 4.69) is 33.2 Å². The molecule has 0 saturated carbocycles. The van der Waals surface area contributed by atoms with E-state index in [1.807, 2.05) is 26.1 Å². The number of fused-ring (bicyclic) bond motifs is 1. The minimum atomic E-state index is -0.985. The number of carbonyl (C=O) groups excluding carboxylic acids is 1. The van der Waals surface area contributed by atoms with Gasteiger partial charge in [0.1, 0.15) is 9.88 Å². The van der Waals surface area contributed by atoms with Crippen LogP contribution in [-0.2, 0) is 18.3 Å². The van der Waals surface area contributed by atoms with E-state index in [4.69, 9.17) is 5.11 Å². The number of carboxylic acids is 1. The molecule has 1 unspecified atom stereocenters. The zero-order chi connectivity index (χ0) is 18.8. The molecule has 2 N–H and O–H groups in total. The number of carboxylic acid groups (broad SMARTS) is 1. The van der Waals surface area contributed by atoms with E-state index in [9.17, 15) is 9.59 Å². The summed E-state index contributed by atoms with van der Waals surface area (Å²) in [5, 5.41) is 13.8. The first-order valence-electron chi connectivity index (χ1n) is 8.39. The summed E-state index contributed by atoms with van der Waals surface area (Å²) in [7, 11) is 2.00. The average molecular weight is 371 g/mol. The van der Waals surface area contributed by atoms with E-state index in [-0.39, 0.29) is 16.8 Å². The van der Waals surface area contributed by atoms with Crippen molar-refractivity contribution in [2.75, 3.05) is 0 Å². The maximum absolute atomic E-state index is 12.3. The molecule has 3 aromatic rings. The van der Waals surface area contributed by atoms with Gasteiger partial charge in [-0.3, -0.25) is 4.79 Å². The Morgan fingerprint density at radius 1 is 1.35 bits per heavy atom. The molecule has 3 rings (SSSR count). The molecule has 0 spiro atoms. The smallest absolute Gasteiger partial charge is 0.347 e. The fourth-order valence-electron chi connectivity index (χ4n) is 3.05. The highest BCUT2D eigenvalue weighted by Crippen LogP contribution is 2.24. The highest BCUT2D eigenvalue weighted by molar-refractivity contribution is 7.13. The number of rotatable bonds is 6. The summed E-state index contributed by atoms with van der Waals surface area (Å²) in [6, 6.07) is 7.82. The molecule has 7 heteroatoms. The fourth-order valence-corrected chi connectivity index (χ4v) is 3.96. The van der Waals surface area contributed by atoms with Gasteiger partial charge in [0.2, 0.25) is 5.91 Å². The molecule has 0 aliphatic carbocycles. The average Bonchev–Trinajstić information content (AvgIpc) is 3.14. The molecule has 0 saturated heterocycles. The van der Waals surface area contributed by atoms with Gasteiger partial charge in [-0.1, -0.05) is 18.2 Å². The lowest BCUT2D eigenvalue weighted by atomic mass is 10.1. The second-order valence-electron chi connectivity index (χ2n) is 6.34. The van der Waals surface area contributed by atoms with Gasteiger partial charge in [-0.05, 0) is 31.9 Å². The molecule has 1 atom stereocenters. The zero-order valence-corrected chi connectivity index (χ0v) is 15.8. The second kappa shape index (κ2) is 7.29. The van der Waals surface area contributed by atoms with Crippen LogP contribution in [-0.4, -0.2) is 26.5 Å². The Morgan fingerprint density at radius 2 is 2.08 bits per heavy atom. The Balaban J connectivity index is 1.63. The van der Waals surface area contributed by atoms with E-state index in [0.29, 0.717) is 23.5 Å². The molecule has 0 fully saturated rings. The SMILES string of the molecule is Cc1nc(C(C)NC(=O)CCc2cn(C)c3ccccc23)sc1C(=O)O. The van der Waals surface area contributed by atoms with Crippen molar-refractivity contribution in [3.8, 4) is 0 Å². The van der Waals surface area contributed by atoms with Crippen LogP contribution < -0.4 is 5.32 Å².